The summed E-state index contributed by atoms with van der Waals surface area (Å²) in [5.74, 6) is 0.338. The van der Waals surface area contributed by atoms with E-state index in [2.05, 4.69) is 178 Å². The molecule has 0 amide bonds. The van der Waals surface area contributed by atoms with E-state index in [4.69, 9.17) is 4.42 Å². The third-order valence-electron chi connectivity index (χ3n) is 15.0. The van der Waals surface area contributed by atoms with E-state index in [0.29, 0.717) is 5.92 Å². The third kappa shape index (κ3) is 5.17. The lowest BCUT2D eigenvalue weighted by atomic mass is 9.35. The van der Waals surface area contributed by atoms with E-state index in [9.17, 15) is 0 Å². The number of fused-ring (bicyclic) bond motifs is 8. The zero-order valence-electron chi connectivity index (χ0n) is 36.4. The van der Waals surface area contributed by atoms with Crippen LogP contribution in [0.2, 0.25) is 0 Å². The largest absolute Gasteiger partial charge is 0.468 e. The molecular formula is C53H59BN2O. The predicted molar refractivity (Wildman–Crippen MR) is 244 cm³/mol. The van der Waals surface area contributed by atoms with Gasteiger partial charge in [0.05, 0.1) is 11.3 Å². The Hall–Kier alpha value is -4.70. The van der Waals surface area contributed by atoms with E-state index in [0.717, 1.165) is 11.2 Å². The van der Waals surface area contributed by atoms with Crippen molar-refractivity contribution < 1.29 is 4.42 Å². The van der Waals surface area contributed by atoms with E-state index >= 15 is 0 Å². The summed E-state index contributed by atoms with van der Waals surface area (Å²) in [5, 5.41) is 1.22. The van der Waals surface area contributed by atoms with E-state index in [1.807, 2.05) is 0 Å². The standard InChI is InChI=1S/C53H59BN2O/c1-31(2)34-25-44-47-45(26-34)56(42-20-16-14-18-33(42)4)48-35-27-36-39(53(11,12)24-21-50(36,5)6)30-46(35)57-49(48)54(47)40-28-37-38(52(9,10)23-22-51(37,7)8)29-43(40)55(44)41-19-15-13-17-32(41)3/h13-20,25-31H,21-24H2,1-12H3. The number of benzene rings is 5. The fourth-order valence-electron chi connectivity index (χ4n) is 11.1. The van der Waals surface area contributed by atoms with Crippen LogP contribution in [0.5, 0.6) is 0 Å². The number of rotatable bonds is 3. The smallest absolute Gasteiger partial charge is 0.297 e. The normalized spacial score (nSPS) is 19.2. The number of furan rings is 1. The number of nitrogens with zero attached hydrogens (tertiary/aromatic N) is 2. The Morgan fingerprint density at radius 3 is 1.56 bits per heavy atom. The number of aryl methyl sites for hydroxylation is 2. The first kappa shape index (κ1) is 36.6. The fraction of sp³-hybridized carbons (Fsp3) is 0.396. The van der Waals surface area contributed by atoms with Crippen LogP contribution in [0.15, 0.2) is 89.3 Å². The zero-order chi connectivity index (χ0) is 40.1. The Balaban J connectivity index is 1.39. The number of hydrogen-bond donors (Lipinski definition) is 0. The third-order valence-corrected chi connectivity index (χ3v) is 15.0. The molecule has 0 radical (unpaired) electrons. The lowest BCUT2D eigenvalue weighted by Gasteiger charge is -2.47. The highest BCUT2D eigenvalue weighted by Gasteiger charge is 2.50. The Bertz CT molecular complexity index is 2670. The first-order valence-electron chi connectivity index (χ1n) is 21.6. The van der Waals surface area contributed by atoms with Crippen LogP contribution in [0.25, 0.3) is 11.0 Å². The molecule has 57 heavy (non-hydrogen) atoms. The van der Waals surface area contributed by atoms with Gasteiger partial charge in [0.2, 0.25) is 0 Å². The van der Waals surface area contributed by atoms with Crippen molar-refractivity contribution in [3.05, 3.63) is 124 Å². The Labute approximate surface area is 341 Å². The van der Waals surface area contributed by atoms with Crippen molar-refractivity contribution in [2.24, 2.45) is 0 Å². The minimum absolute atomic E-state index is 0.0623. The van der Waals surface area contributed by atoms with Crippen LogP contribution in [0.3, 0.4) is 0 Å². The number of hydrogen-bond acceptors (Lipinski definition) is 3. The average molecular weight is 751 g/mol. The van der Waals surface area contributed by atoms with Gasteiger partial charge in [0, 0.05) is 33.8 Å². The first-order chi connectivity index (χ1) is 26.9. The average Bonchev–Trinajstić information content (AvgIpc) is 3.53. The van der Waals surface area contributed by atoms with E-state index in [1.165, 1.54) is 115 Å². The lowest BCUT2D eigenvalue weighted by molar-refractivity contribution is 0.332. The molecule has 4 heteroatoms. The van der Waals surface area contributed by atoms with Gasteiger partial charge in [0.25, 0.3) is 6.71 Å². The second kappa shape index (κ2) is 11.9. The van der Waals surface area contributed by atoms with Crippen LogP contribution in [-0.2, 0) is 21.7 Å². The Kier molecular flexibility index (Phi) is 7.67. The molecule has 10 rings (SSSR count). The number of anilines is 6. The minimum atomic E-state index is -0.0710. The maximum Gasteiger partial charge on any atom is 0.297 e. The molecule has 0 spiro atoms. The first-order valence-corrected chi connectivity index (χ1v) is 21.6. The summed E-state index contributed by atoms with van der Waals surface area (Å²) in [4.78, 5) is 5.22. The highest BCUT2D eigenvalue weighted by Crippen LogP contribution is 2.54. The molecule has 0 fully saturated rings. The molecule has 1 aromatic heterocycles. The van der Waals surface area contributed by atoms with Crippen molar-refractivity contribution in [3.8, 4) is 0 Å². The second-order valence-corrected chi connectivity index (χ2v) is 21.0. The van der Waals surface area contributed by atoms with Crippen molar-refractivity contribution in [1.29, 1.82) is 0 Å². The lowest BCUT2D eigenvalue weighted by Crippen LogP contribution is -2.61. The van der Waals surface area contributed by atoms with Crippen LogP contribution in [0, 0.1) is 13.8 Å². The second-order valence-electron chi connectivity index (χ2n) is 21.0. The summed E-state index contributed by atoms with van der Waals surface area (Å²) in [5.41, 5.74) is 22.3. The summed E-state index contributed by atoms with van der Waals surface area (Å²) in [6.45, 7) is 28.7. The van der Waals surface area contributed by atoms with Gasteiger partial charge in [0.15, 0.2) is 0 Å². The van der Waals surface area contributed by atoms with Crippen molar-refractivity contribution in [3.63, 3.8) is 0 Å². The molecule has 3 nitrogen and oxygen atoms in total. The van der Waals surface area contributed by atoms with Crippen molar-refractivity contribution in [2.75, 3.05) is 9.80 Å². The molecule has 0 saturated carbocycles. The topological polar surface area (TPSA) is 19.6 Å². The molecule has 6 aromatic rings. The Morgan fingerprint density at radius 2 is 1.02 bits per heavy atom. The number of para-hydroxylation sites is 2. The zero-order valence-corrected chi connectivity index (χ0v) is 36.4. The highest BCUT2D eigenvalue weighted by atomic mass is 16.3. The molecule has 290 valence electrons. The monoisotopic (exact) mass is 750 g/mol. The van der Waals surface area contributed by atoms with Crippen LogP contribution in [-0.4, -0.2) is 6.71 Å². The van der Waals surface area contributed by atoms with Gasteiger partial charge in [0.1, 0.15) is 5.58 Å². The molecule has 5 aromatic carbocycles. The van der Waals surface area contributed by atoms with Crippen LogP contribution in [0.4, 0.5) is 34.1 Å². The van der Waals surface area contributed by atoms with Crippen LogP contribution in [0.1, 0.15) is 140 Å². The summed E-state index contributed by atoms with van der Waals surface area (Å²) in [6, 6.07) is 33.2. The van der Waals surface area contributed by atoms with Gasteiger partial charge in [-0.1, -0.05) is 112 Å². The van der Waals surface area contributed by atoms with Gasteiger partial charge in [-0.3, -0.25) is 0 Å². The van der Waals surface area contributed by atoms with Gasteiger partial charge in [-0.15, -0.1) is 0 Å². The molecule has 4 aliphatic rings. The molecule has 0 atom stereocenters. The van der Waals surface area contributed by atoms with Gasteiger partial charge >= 0.3 is 0 Å². The minimum Gasteiger partial charge on any atom is -0.468 e. The maximum absolute atomic E-state index is 7.53. The highest BCUT2D eigenvalue weighted by molar-refractivity contribution is 7.00. The van der Waals surface area contributed by atoms with Crippen LogP contribution >= 0.6 is 0 Å². The molecular weight excluding hydrogens is 691 g/mol. The molecule has 2 aliphatic heterocycles. The molecule has 0 N–H and O–H groups in total. The van der Waals surface area contributed by atoms with Crippen molar-refractivity contribution in [2.45, 2.75) is 136 Å². The van der Waals surface area contributed by atoms with Crippen molar-refractivity contribution in [1.82, 2.24) is 0 Å². The SMILES string of the molecule is Cc1ccccc1N1c2cc3c(cc2B2c4oc5cc6c(cc5c4N(c4ccccc4C)c4cc(C(C)C)cc1c42)C(C)(C)CCC6(C)C)C(C)(C)CCC3(C)C. The van der Waals surface area contributed by atoms with Gasteiger partial charge in [-0.2, -0.15) is 0 Å². The predicted octanol–water partition coefficient (Wildman–Crippen LogP) is 13.0. The maximum atomic E-state index is 7.53. The summed E-state index contributed by atoms with van der Waals surface area (Å²) in [6.07, 6.45) is 4.69. The Morgan fingerprint density at radius 1 is 0.544 bits per heavy atom. The van der Waals surface area contributed by atoms with E-state index in [1.54, 1.807) is 0 Å². The van der Waals surface area contributed by atoms with E-state index < -0.39 is 0 Å². The summed E-state index contributed by atoms with van der Waals surface area (Å²) < 4.78 is 7.53. The van der Waals surface area contributed by atoms with Gasteiger partial charge in [-0.05, 0) is 159 Å². The van der Waals surface area contributed by atoms with Crippen molar-refractivity contribution >= 4 is 68.4 Å². The molecule has 0 saturated heterocycles. The van der Waals surface area contributed by atoms with E-state index in [-0.39, 0.29) is 28.4 Å². The van der Waals surface area contributed by atoms with Crippen LogP contribution < -0.4 is 26.4 Å². The molecule has 3 heterocycles. The molecule has 0 unspecified atom stereocenters. The summed E-state index contributed by atoms with van der Waals surface area (Å²) in [7, 11) is 0. The molecule has 2 aliphatic carbocycles. The fourth-order valence-corrected chi connectivity index (χ4v) is 11.1. The van der Waals surface area contributed by atoms with Gasteiger partial charge in [-0.25, -0.2) is 0 Å². The molecule has 0 bridgehead atoms. The summed E-state index contributed by atoms with van der Waals surface area (Å²) >= 11 is 0. The quantitative estimate of drug-likeness (QED) is 0.168. The van der Waals surface area contributed by atoms with Gasteiger partial charge < -0.3 is 14.2 Å².